The molecule has 0 amide bonds. The monoisotopic (exact) mass is 210 g/mol. The molecule has 0 nitrogen and oxygen atoms in total. The Kier molecular flexibility index (Phi) is 7.13. The highest BCUT2D eigenvalue weighted by Gasteiger charge is 2.19. The van der Waals surface area contributed by atoms with Gasteiger partial charge in [0.1, 0.15) is 0 Å². The van der Waals surface area contributed by atoms with E-state index in [4.69, 9.17) is 0 Å². The smallest absolute Gasteiger partial charge is 0.0414 e. The third-order valence-electron chi connectivity index (χ3n) is 4.26. The molecule has 0 heteroatoms. The first-order valence-corrected chi connectivity index (χ1v) is 7.36. The van der Waals surface area contributed by atoms with Crippen LogP contribution in [0.4, 0.5) is 0 Å². The molecule has 0 aromatic heterocycles. The van der Waals surface area contributed by atoms with Crippen LogP contribution in [0.5, 0.6) is 0 Å². The molecule has 1 aliphatic rings. The Labute approximate surface area is 96.8 Å². The van der Waals surface area contributed by atoms with E-state index in [1.54, 1.807) is 0 Å². The number of unbranched alkanes of at least 4 members (excludes halogenated alkanes) is 4. The van der Waals surface area contributed by atoms with Crippen molar-refractivity contribution in [1.82, 2.24) is 0 Å². The molecule has 1 fully saturated rings. The van der Waals surface area contributed by atoms with Gasteiger partial charge in [0, 0.05) is 0 Å². The number of rotatable bonds is 7. The van der Waals surface area contributed by atoms with Crippen LogP contribution in [0.2, 0.25) is 0 Å². The van der Waals surface area contributed by atoms with Crippen LogP contribution in [0.25, 0.3) is 0 Å². The van der Waals surface area contributed by atoms with E-state index in [-0.39, 0.29) is 0 Å². The molecule has 0 aliphatic heterocycles. The van der Waals surface area contributed by atoms with E-state index in [9.17, 15) is 0 Å². The van der Waals surface area contributed by atoms with Gasteiger partial charge in [-0.05, 0) is 11.8 Å². The Morgan fingerprint density at radius 1 is 0.733 bits per heavy atom. The van der Waals surface area contributed by atoms with Crippen molar-refractivity contribution in [1.29, 1.82) is 0 Å². The van der Waals surface area contributed by atoms with Crippen molar-refractivity contribution in [3.05, 3.63) is 0 Å². The van der Waals surface area contributed by atoms with Crippen molar-refractivity contribution in [2.45, 2.75) is 84.5 Å². The van der Waals surface area contributed by atoms with Gasteiger partial charge in [0.15, 0.2) is 0 Å². The van der Waals surface area contributed by atoms with Gasteiger partial charge in [-0.3, -0.25) is 0 Å². The summed E-state index contributed by atoms with van der Waals surface area (Å²) in [7, 11) is 0. The van der Waals surface area contributed by atoms with Gasteiger partial charge >= 0.3 is 0 Å². The van der Waals surface area contributed by atoms with Crippen molar-refractivity contribution in [2.24, 2.45) is 11.8 Å². The normalized spacial score (nSPS) is 26.8. The lowest BCUT2D eigenvalue weighted by Crippen LogP contribution is -2.13. The summed E-state index contributed by atoms with van der Waals surface area (Å²) in [6, 6.07) is 0. The predicted octanol–water partition coefficient (Wildman–Crippen LogP) is 5.56. The summed E-state index contributed by atoms with van der Waals surface area (Å²) >= 11 is 0. The number of hydrogen-bond acceptors (Lipinski definition) is 0. The molecular formula is C15H30. The highest BCUT2D eigenvalue weighted by atomic mass is 14.2. The van der Waals surface area contributed by atoms with E-state index in [2.05, 4.69) is 13.8 Å². The molecule has 0 bridgehead atoms. The average Bonchev–Trinajstić information content (AvgIpc) is 2.30. The van der Waals surface area contributed by atoms with E-state index in [1.807, 2.05) is 0 Å². The maximum atomic E-state index is 2.36. The lowest BCUT2D eigenvalue weighted by atomic mass is 9.79. The summed E-state index contributed by atoms with van der Waals surface area (Å²) < 4.78 is 0. The molecule has 0 saturated heterocycles. The van der Waals surface area contributed by atoms with Crippen LogP contribution in [0, 0.1) is 11.8 Å². The Morgan fingerprint density at radius 3 is 1.93 bits per heavy atom. The Hall–Kier alpha value is 0. The molecule has 15 heavy (non-hydrogen) atoms. The second-order valence-electron chi connectivity index (χ2n) is 5.50. The zero-order valence-electron chi connectivity index (χ0n) is 10.9. The van der Waals surface area contributed by atoms with Gasteiger partial charge in [-0.2, -0.15) is 0 Å². The molecule has 0 heterocycles. The van der Waals surface area contributed by atoms with Gasteiger partial charge in [0.25, 0.3) is 0 Å². The lowest BCUT2D eigenvalue weighted by molar-refractivity contribution is 0.253. The predicted molar refractivity (Wildman–Crippen MR) is 69.1 cm³/mol. The second-order valence-corrected chi connectivity index (χ2v) is 5.50. The van der Waals surface area contributed by atoms with Crippen LogP contribution >= 0.6 is 0 Å². The summed E-state index contributed by atoms with van der Waals surface area (Å²) in [6.45, 7) is 4.65. The highest BCUT2D eigenvalue weighted by molar-refractivity contribution is 4.71. The minimum absolute atomic E-state index is 1.07. The molecule has 0 radical (unpaired) electrons. The first kappa shape index (κ1) is 13.1. The fourth-order valence-corrected chi connectivity index (χ4v) is 2.96. The third kappa shape index (κ3) is 5.58. The first-order valence-electron chi connectivity index (χ1n) is 7.36. The summed E-state index contributed by atoms with van der Waals surface area (Å²) in [4.78, 5) is 0. The topological polar surface area (TPSA) is 0 Å². The van der Waals surface area contributed by atoms with E-state index >= 15 is 0 Å². The SMILES string of the molecule is CCCCCCCC1CCC(CC)CC1. The molecule has 0 aromatic rings. The first-order chi connectivity index (χ1) is 7.36. The minimum Gasteiger partial charge on any atom is -0.0654 e. The zero-order chi connectivity index (χ0) is 10.9. The Balaban J connectivity index is 1.94. The number of hydrogen-bond donors (Lipinski definition) is 0. The van der Waals surface area contributed by atoms with Crippen molar-refractivity contribution in [3.8, 4) is 0 Å². The molecular weight excluding hydrogens is 180 g/mol. The quantitative estimate of drug-likeness (QED) is 0.482. The fourth-order valence-electron chi connectivity index (χ4n) is 2.96. The molecule has 1 saturated carbocycles. The molecule has 1 rings (SSSR count). The molecule has 90 valence electrons. The van der Waals surface area contributed by atoms with Gasteiger partial charge in [0.05, 0.1) is 0 Å². The molecule has 0 spiro atoms. The van der Waals surface area contributed by atoms with Crippen LogP contribution in [0.3, 0.4) is 0 Å². The lowest BCUT2D eigenvalue weighted by Gasteiger charge is -2.27. The average molecular weight is 210 g/mol. The van der Waals surface area contributed by atoms with Crippen molar-refractivity contribution < 1.29 is 0 Å². The zero-order valence-corrected chi connectivity index (χ0v) is 10.9. The van der Waals surface area contributed by atoms with Crippen molar-refractivity contribution in [2.75, 3.05) is 0 Å². The largest absolute Gasteiger partial charge is 0.0654 e. The minimum atomic E-state index is 1.07. The maximum Gasteiger partial charge on any atom is -0.0414 e. The van der Waals surface area contributed by atoms with Crippen LogP contribution < -0.4 is 0 Å². The second kappa shape index (κ2) is 8.19. The molecule has 0 aromatic carbocycles. The van der Waals surface area contributed by atoms with E-state index in [1.165, 1.54) is 70.6 Å². The van der Waals surface area contributed by atoms with Gasteiger partial charge in [-0.1, -0.05) is 84.5 Å². The van der Waals surface area contributed by atoms with E-state index < -0.39 is 0 Å². The van der Waals surface area contributed by atoms with Gasteiger partial charge in [-0.25, -0.2) is 0 Å². The summed E-state index contributed by atoms with van der Waals surface area (Å²) in [5, 5.41) is 0. The van der Waals surface area contributed by atoms with Crippen molar-refractivity contribution in [3.63, 3.8) is 0 Å². The summed E-state index contributed by atoms with van der Waals surface area (Å²) in [5.41, 5.74) is 0. The molecule has 0 N–H and O–H groups in total. The summed E-state index contributed by atoms with van der Waals surface area (Å²) in [6.07, 6.45) is 16.3. The standard InChI is InChI=1S/C15H30/c1-3-5-6-7-8-9-15-12-10-14(4-2)11-13-15/h14-15H,3-13H2,1-2H3. The van der Waals surface area contributed by atoms with Crippen LogP contribution in [-0.4, -0.2) is 0 Å². The molecule has 1 aliphatic carbocycles. The fraction of sp³-hybridized carbons (Fsp3) is 1.00. The maximum absolute atomic E-state index is 2.36. The molecule has 0 unspecified atom stereocenters. The van der Waals surface area contributed by atoms with Crippen LogP contribution in [0.15, 0.2) is 0 Å². The van der Waals surface area contributed by atoms with Crippen LogP contribution in [0.1, 0.15) is 84.5 Å². The van der Waals surface area contributed by atoms with E-state index in [0.717, 1.165) is 11.8 Å². The summed E-state index contributed by atoms with van der Waals surface area (Å²) in [5.74, 6) is 2.16. The third-order valence-corrected chi connectivity index (χ3v) is 4.26. The van der Waals surface area contributed by atoms with Gasteiger partial charge in [0.2, 0.25) is 0 Å². The van der Waals surface area contributed by atoms with E-state index in [0.29, 0.717) is 0 Å². The van der Waals surface area contributed by atoms with Crippen molar-refractivity contribution >= 4 is 0 Å². The Bertz CT molecular complexity index is 131. The van der Waals surface area contributed by atoms with Gasteiger partial charge < -0.3 is 0 Å². The molecule has 0 atom stereocenters. The van der Waals surface area contributed by atoms with Crippen LogP contribution in [-0.2, 0) is 0 Å². The highest BCUT2D eigenvalue weighted by Crippen LogP contribution is 2.33. The Morgan fingerprint density at radius 2 is 1.33 bits per heavy atom. The van der Waals surface area contributed by atoms with Gasteiger partial charge in [-0.15, -0.1) is 0 Å².